The summed E-state index contributed by atoms with van der Waals surface area (Å²) in [5, 5.41) is 14.5. The number of amides is 1. The van der Waals surface area contributed by atoms with Gasteiger partial charge in [0.25, 0.3) is 0 Å². The molecule has 0 radical (unpaired) electrons. The Hall–Kier alpha value is -2.26. The summed E-state index contributed by atoms with van der Waals surface area (Å²) in [5.74, 6) is 2.14. The van der Waals surface area contributed by atoms with Gasteiger partial charge in [0.05, 0.1) is 25.8 Å². The highest BCUT2D eigenvalue weighted by atomic mass is 35.5. The maximum absolute atomic E-state index is 13.3. The lowest BCUT2D eigenvalue weighted by molar-refractivity contribution is -0.139. The van der Waals surface area contributed by atoms with Crippen molar-refractivity contribution < 1.29 is 9.53 Å². The molecule has 0 saturated carbocycles. The number of ether oxygens (including phenoxy) is 1. The Morgan fingerprint density at radius 2 is 2.06 bits per heavy atom. The second-order valence-electron chi connectivity index (χ2n) is 8.82. The van der Waals surface area contributed by atoms with Crippen molar-refractivity contribution in [2.24, 2.45) is 5.92 Å². The van der Waals surface area contributed by atoms with Gasteiger partial charge in [0, 0.05) is 40.9 Å². The first-order valence-electron chi connectivity index (χ1n) is 11.6. The number of carbonyl (C=O) groups excluding carboxylic acids is 1. The highest BCUT2D eigenvalue weighted by molar-refractivity contribution is 7.15. The zero-order valence-corrected chi connectivity index (χ0v) is 20.1. The Balaban J connectivity index is 1.44. The molecule has 7 nitrogen and oxygen atoms in total. The molecule has 2 atom stereocenters. The van der Waals surface area contributed by atoms with E-state index in [-0.39, 0.29) is 17.9 Å². The average molecular weight is 484 g/mol. The Morgan fingerprint density at radius 3 is 2.85 bits per heavy atom. The van der Waals surface area contributed by atoms with Gasteiger partial charge in [0.15, 0.2) is 5.82 Å². The molecule has 4 heterocycles. The standard InChI is InChI=1S/C24H26ClN5O2S/c1-2-19-27-28-20-13-26-22(15-5-3-4-6-17(15)25)21-16-11-14(12-18(16)33-24(21)30(19)20)23(31)29-7-9-32-10-8-29/h3-6,14,22,26H,2,7-13H2,1H3. The number of benzene rings is 1. The lowest BCUT2D eigenvalue weighted by Gasteiger charge is -2.29. The molecule has 3 aliphatic rings. The molecule has 2 aromatic heterocycles. The van der Waals surface area contributed by atoms with Gasteiger partial charge < -0.3 is 9.64 Å². The largest absolute Gasteiger partial charge is 0.378 e. The molecule has 1 aromatic carbocycles. The molecule has 0 spiro atoms. The monoisotopic (exact) mass is 483 g/mol. The molecule has 172 valence electrons. The van der Waals surface area contributed by atoms with E-state index in [1.807, 2.05) is 23.1 Å². The fourth-order valence-corrected chi connectivity index (χ4v) is 7.06. The minimum absolute atomic E-state index is 0.00386. The van der Waals surface area contributed by atoms with Crippen LogP contribution in [0.4, 0.5) is 0 Å². The van der Waals surface area contributed by atoms with Gasteiger partial charge in [0.1, 0.15) is 10.8 Å². The van der Waals surface area contributed by atoms with E-state index in [0.29, 0.717) is 32.8 Å². The molecular formula is C24H26ClN5O2S. The highest BCUT2D eigenvalue weighted by Crippen LogP contribution is 2.47. The zero-order valence-electron chi connectivity index (χ0n) is 18.5. The van der Waals surface area contributed by atoms with Gasteiger partial charge in [0.2, 0.25) is 5.91 Å². The summed E-state index contributed by atoms with van der Waals surface area (Å²) in [5.41, 5.74) is 3.58. The van der Waals surface area contributed by atoms with Gasteiger partial charge in [-0.3, -0.25) is 14.7 Å². The molecule has 1 amide bonds. The van der Waals surface area contributed by atoms with Gasteiger partial charge in [-0.25, -0.2) is 0 Å². The topological polar surface area (TPSA) is 72.3 Å². The summed E-state index contributed by atoms with van der Waals surface area (Å²) in [7, 11) is 0. The van der Waals surface area contributed by atoms with Crippen LogP contribution in [0.15, 0.2) is 24.3 Å². The van der Waals surface area contributed by atoms with E-state index < -0.39 is 0 Å². The first-order chi connectivity index (χ1) is 16.2. The second-order valence-corrected chi connectivity index (χ2v) is 10.3. The summed E-state index contributed by atoms with van der Waals surface area (Å²) >= 11 is 8.47. The van der Waals surface area contributed by atoms with Gasteiger partial charge in [-0.2, -0.15) is 0 Å². The van der Waals surface area contributed by atoms with Crippen molar-refractivity contribution in [2.75, 3.05) is 26.3 Å². The number of aromatic nitrogens is 3. The number of carbonyl (C=O) groups is 1. The summed E-state index contributed by atoms with van der Waals surface area (Å²) in [4.78, 5) is 16.6. The van der Waals surface area contributed by atoms with Gasteiger partial charge in [-0.05, 0) is 30.0 Å². The number of aryl methyl sites for hydroxylation is 1. The number of fused-ring (bicyclic) bond motifs is 5. The number of nitrogens with one attached hydrogen (secondary N) is 1. The third kappa shape index (κ3) is 3.51. The number of hydrogen-bond donors (Lipinski definition) is 1. The van der Waals surface area contributed by atoms with Crippen LogP contribution in [-0.4, -0.2) is 51.9 Å². The molecule has 1 fully saturated rings. The van der Waals surface area contributed by atoms with Crippen molar-refractivity contribution in [1.29, 1.82) is 0 Å². The molecular weight excluding hydrogens is 458 g/mol. The van der Waals surface area contributed by atoms with E-state index in [2.05, 4.69) is 33.1 Å². The van der Waals surface area contributed by atoms with E-state index >= 15 is 0 Å². The van der Waals surface area contributed by atoms with Crippen molar-refractivity contribution in [3.8, 4) is 5.00 Å². The highest BCUT2D eigenvalue weighted by Gasteiger charge is 2.39. The number of morpholine rings is 1. The van der Waals surface area contributed by atoms with E-state index in [4.69, 9.17) is 16.3 Å². The van der Waals surface area contributed by atoms with Gasteiger partial charge in [-0.1, -0.05) is 36.7 Å². The number of thiophene rings is 1. The first-order valence-corrected chi connectivity index (χ1v) is 12.8. The minimum Gasteiger partial charge on any atom is -0.378 e. The molecule has 1 N–H and O–H groups in total. The minimum atomic E-state index is -0.0580. The van der Waals surface area contributed by atoms with E-state index in [9.17, 15) is 4.79 Å². The van der Waals surface area contributed by atoms with Crippen LogP contribution in [0.25, 0.3) is 5.00 Å². The van der Waals surface area contributed by atoms with Gasteiger partial charge in [-0.15, -0.1) is 21.5 Å². The van der Waals surface area contributed by atoms with Crippen molar-refractivity contribution in [3.63, 3.8) is 0 Å². The Morgan fingerprint density at radius 1 is 1.24 bits per heavy atom. The predicted octanol–water partition coefficient (Wildman–Crippen LogP) is 3.31. The molecule has 1 saturated heterocycles. The summed E-state index contributed by atoms with van der Waals surface area (Å²) < 4.78 is 7.67. The number of halogens is 1. The zero-order chi connectivity index (χ0) is 22.5. The van der Waals surface area contributed by atoms with Crippen LogP contribution in [0, 0.1) is 5.92 Å². The molecule has 1 aliphatic carbocycles. The van der Waals surface area contributed by atoms with E-state index in [1.165, 1.54) is 21.0 Å². The number of rotatable bonds is 3. The molecule has 33 heavy (non-hydrogen) atoms. The Kier molecular flexibility index (Phi) is 5.49. The summed E-state index contributed by atoms with van der Waals surface area (Å²) in [6.45, 7) is 5.35. The van der Waals surface area contributed by atoms with Crippen LogP contribution in [0.2, 0.25) is 5.02 Å². The van der Waals surface area contributed by atoms with Crippen LogP contribution in [0.5, 0.6) is 0 Å². The molecule has 0 bridgehead atoms. The average Bonchev–Trinajstić information content (AvgIpc) is 3.50. The van der Waals surface area contributed by atoms with Crippen LogP contribution in [0.3, 0.4) is 0 Å². The van der Waals surface area contributed by atoms with Crippen molar-refractivity contribution in [3.05, 3.63) is 62.5 Å². The third-order valence-electron chi connectivity index (χ3n) is 6.95. The summed E-state index contributed by atoms with van der Waals surface area (Å²) in [6, 6.07) is 7.97. The fraction of sp³-hybridized carbons (Fsp3) is 0.458. The van der Waals surface area contributed by atoms with E-state index in [0.717, 1.165) is 41.5 Å². The smallest absolute Gasteiger partial charge is 0.226 e. The maximum atomic E-state index is 13.3. The first kappa shape index (κ1) is 21.3. The number of hydrogen-bond acceptors (Lipinski definition) is 6. The van der Waals surface area contributed by atoms with E-state index in [1.54, 1.807) is 11.3 Å². The third-order valence-corrected chi connectivity index (χ3v) is 8.55. The maximum Gasteiger partial charge on any atom is 0.226 e. The molecule has 9 heteroatoms. The normalized spacial score (nSPS) is 21.9. The Labute approximate surface area is 201 Å². The second kappa shape index (κ2) is 8.51. The lowest BCUT2D eigenvalue weighted by Crippen LogP contribution is -2.44. The van der Waals surface area contributed by atoms with Crippen LogP contribution in [-0.2, 0) is 35.3 Å². The molecule has 3 aromatic rings. The van der Waals surface area contributed by atoms with Crippen molar-refractivity contribution in [2.45, 2.75) is 38.8 Å². The van der Waals surface area contributed by atoms with Gasteiger partial charge >= 0.3 is 0 Å². The van der Waals surface area contributed by atoms with Crippen LogP contribution >= 0.6 is 22.9 Å². The Bertz CT molecular complexity index is 1220. The lowest BCUT2D eigenvalue weighted by atomic mass is 9.94. The number of nitrogens with zero attached hydrogens (tertiary/aromatic N) is 4. The van der Waals surface area contributed by atoms with Crippen molar-refractivity contribution >= 4 is 28.8 Å². The molecule has 2 aliphatic heterocycles. The molecule has 6 rings (SSSR count). The quantitative estimate of drug-likeness (QED) is 0.618. The van der Waals surface area contributed by atoms with Crippen LogP contribution in [0.1, 0.15) is 46.2 Å². The molecule has 2 unspecified atom stereocenters. The predicted molar refractivity (Wildman–Crippen MR) is 127 cm³/mol. The van der Waals surface area contributed by atoms with Crippen molar-refractivity contribution in [1.82, 2.24) is 25.0 Å². The fourth-order valence-electron chi connectivity index (χ4n) is 5.33. The van der Waals surface area contributed by atoms with Crippen LogP contribution < -0.4 is 5.32 Å². The SMILES string of the molecule is CCc1nnc2n1-c1sc3c(c1C(c1ccccc1Cl)NC2)CC(C(=O)N1CCOCC1)C3. The summed E-state index contributed by atoms with van der Waals surface area (Å²) in [6.07, 6.45) is 2.36.